The van der Waals surface area contributed by atoms with Crippen LogP contribution in [0.5, 0.6) is 0 Å². The van der Waals surface area contributed by atoms with Crippen molar-refractivity contribution in [3.05, 3.63) is 58.6 Å². The van der Waals surface area contributed by atoms with E-state index < -0.39 is 0 Å². The quantitative estimate of drug-likeness (QED) is 0.847. The summed E-state index contributed by atoms with van der Waals surface area (Å²) < 4.78 is 6.27. The van der Waals surface area contributed by atoms with Crippen molar-refractivity contribution in [3.63, 3.8) is 0 Å². The van der Waals surface area contributed by atoms with E-state index in [1.54, 1.807) is 13.2 Å². The van der Waals surface area contributed by atoms with Gasteiger partial charge in [-0.15, -0.1) is 0 Å². The summed E-state index contributed by atoms with van der Waals surface area (Å²) in [6.45, 7) is 1.96. The van der Waals surface area contributed by atoms with Gasteiger partial charge in [0.15, 0.2) is 0 Å². The second-order valence-corrected chi connectivity index (χ2v) is 6.78. The molecule has 0 unspecified atom stereocenters. The summed E-state index contributed by atoms with van der Waals surface area (Å²) in [7, 11) is 1.77. The van der Waals surface area contributed by atoms with Crippen LogP contribution in [0.4, 0.5) is 11.4 Å². The molecule has 1 aliphatic heterocycles. The van der Waals surface area contributed by atoms with Gasteiger partial charge in [0.1, 0.15) is 0 Å². The number of hydrogen-bond donors (Lipinski definition) is 1. The standard InChI is InChI=1S/C19H21BrN2O2/c1-24-16-5-4-12-22(13-16)15-10-8-14(9-11-15)21-19(23)17-6-2-3-7-18(17)20/h2-3,6-11,16H,4-5,12-13H2,1H3,(H,21,23)/t16-/m0/s1. The van der Waals surface area contributed by atoms with Gasteiger partial charge in [0, 0.05) is 36.0 Å². The molecule has 4 nitrogen and oxygen atoms in total. The highest BCUT2D eigenvalue weighted by atomic mass is 79.9. The molecule has 1 saturated heterocycles. The number of methoxy groups -OCH3 is 1. The molecule has 1 fully saturated rings. The van der Waals surface area contributed by atoms with Crippen LogP contribution < -0.4 is 10.2 Å². The van der Waals surface area contributed by atoms with Crippen LogP contribution >= 0.6 is 15.9 Å². The zero-order valence-corrected chi connectivity index (χ0v) is 15.3. The van der Waals surface area contributed by atoms with Gasteiger partial charge >= 0.3 is 0 Å². The van der Waals surface area contributed by atoms with E-state index in [9.17, 15) is 4.79 Å². The third-order valence-corrected chi connectivity index (χ3v) is 5.01. The fraction of sp³-hybridized carbons (Fsp3) is 0.316. The third-order valence-electron chi connectivity index (χ3n) is 4.32. The minimum absolute atomic E-state index is 0.118. The zero-order chi connectivity index (χ0) is 16.9. The fourth-order valence-electron chi connectivity index (χ4n) is 2.96. The lowest BCUT2D eigenvalue weighted by Crippen LogP contribution is -2.39. The number of piperidine rings is 1. The predicted octanol–water partition coefficient (Wildman–Crippen LogP) is 4.32. The molecule has 0 spiro atoms. The highest BCUT2D eigenvalue weighted by Crippen LogP contribution is 2.24. The lowest BCUT2D eigenvalue weighted by molar-refractivity contribution is 0.0893. The monoisotopic (exact) mass is 388 g/mol. The summed E-state index contributed by atoms with van der Waals surface area (Å²) in [5, 5.41) is 2.94. The minimum Gasteiger partial charge on any atom is -0.380 e. The van der Waals surface area contributed by atoms with Crippen LogP contribution in [0.2, 0.25) is 0 Å². The molecule has 1 amide bonds. The molecule has 3 rings (SSSR count). The number of ether oxygens (including phenoxy) is 1. The summed E-state index contributed by atoms with van der Waals surface area (Å²) in [5.41, 5.74) is 2.58. The van der Waals surface area contributed by atoms with Crippen molar-refractivity contribution < 1.29 is 9.53 Å². The van der Waals surface area contributed by atoms with Crippen LogP contribution in [-0.4, -0.2) is 32.2 Å². The molecule has 1 atom stereocenters. The van der Waals surface area contributed by atoms with Crippen LogP contribution in [0.1, 0.15) is 23.2 Å². The number of halogens is 1. The van der Waals surface area contributed by atoms with E-state index >= 15 is 0 Å². The number of nitrogens with zero attached hydrogens (tertiary/aromatic N) is 1. The fourth-order valence-corrected chi connectivity index (χ4v) is 3.43. The van der Waals surface area contributed by atoms with Gasteiger partial charge in [-0.2, -0.15) is 0 Å². The van der Waals surface area contributed by atoms with E-state index in [-0.39, 0.29) is 5.91 Å². The number of amides is 1. The molecule has 1 N–H and O–H groups in total. The van der Waals surface area contributed by atoms with E-state index in [1.165, 1.54) is 0 Å². The summed E-state index contributed by atoms with van der Waals surface area (Å²) in [4.78, 5) is 14.7. The van der Waals surface area contributed by atoms with Gasteiger partial charge in [-0.05, 0) is 65.2 Å². The van der Waals surface area contributed by atoms with Gasteiger partial charge in [0.05, 0.1) is 11.7 Å². The normalized spacial score (nSPS) is 17.6. The third kappa shape index (κ3) is 3.97. The Hall–Kier alpha value is -1.85. The number of nitrogens with one attached hydrogen (secondary N) is 1. The topological polar surface area (TPSA) is 41.6 Å². The first kappa shape index (κ1) is 17.0. The molecule has 0 aliphatic carbocycles. The molecule has 0 radical (unpaired) electrons. The van der Waals surface area contributed by atoms with E-state index in [0.717, 1.165) is 41.8 Å². The molecule has 0 saturated carbocycles. The van der Waals surface area contributed by atoms with Crippen LogP contribution in [-0.2, 0) is 4.74 Å². The van der Waals surface area contributed by atoms with Gasteiger partial charge < -0.3 is 15.0 Å². The van der Waals surface area contributed by atoms with Crippen molar-refractivity contribution >= 4 is 33.2 Å². The second kappa shape index (κ2) is 7.81. The molecular weight excluding hydrogens is 368 g/mol. The Kier molecular flexibility index (Phi) is 5.53. The Morgan fingerprint density at radius 1 is 1.21 bits per heavy atom. The molecule has 2 aromatic rings. The van der Waals surface area contributed by atoms with Crippen molar-refractivity contribution in [1.82, 2.24) is 0 Å². The minimum atomic E-state index is -0.118. The summed E-state index contributed by atoms with van der Waals surface area (Å²) >= 11 is 3.41. The number of anilines is 2. The number of rotatable bonds is 4. The van der Waals surface area contributed by atoms with E-state index in [1.807, 2.05) is 42.5 Å². The summed E-state index contributed by atoms with van der Waals surface area (Å²) in [5.74, 6) is -0.118. The van der Waals surface area contributed by atoms with Crippen LogP contribution in [0.15, 0.2) is 53.0 Å². The number of carbonyl (C=O) groups is 1. The SMILES string of the molecule is CO[C@H]1CCCN(c2ccc(NC(=O)c3ccccc3Br)cc2)C1. The van der Waals surface area contributed by atoms with Gasteiger partial charge in [-0.3, -0.25) is 4.79 Å². The highest BCUT2D eigenvalue weighted by molar-refractivity contribution is 9.10. The van der Waals surface area contributed by atoms with Crippen LogP contribution in [0.25, 0.3) is 0 Å². The van der Waals surface area contributed by atoms with Crippen molar-refractivity contribution in [2.75, 3.05) is 30.4 Å². The molecule has 1 aliphatic rings. The molecule has 1 heterocycles. The molecule has 5 heteroatoms. The van der Waals surface area contributed by atoms with Gasteiger partial charge in [0.25, 0.3) is 5.91 Å². The van der Waals surface area contributed by atoms with Crippen molar-refractivity contribution in [1.29, 1.82) is 0 Å². The summed E-state index contributed by atoms with van der Waals surface area (Å²) in [6.07, 6.45) is 2.56. The second-order valence-electron chi connectivity index (χ2n) is 5.93. The van der Waals surface area contributed by atoms with E-state index in [0.29, 0.717) is 11.7 Å². The van der Waals surface area contributed by atoms with Gasteiger partial charge in [-0.25, -0.2) is 0 Å². The highest BCUT2D eigenvalue weighted by Gasteiger charge is 2.19. The maximum absolute atomic E-state index is 12.3. The summed E-state index contributed by atoms with van der Waals surface area (Å²) in [6, 6.07) is 15.4. The number of carbonyl (C=O) groups excluding carboxylic acids is 1. The lowest BCUT2D eigenvalue weighted by Gasteiger charge is -2.33. The first-order valence-electron chi connectivity index (χ1n) is 8.11. The lowest BCUT2D eigenvalue weighted by atomic mass is 10.1. The first-order chi connectivity index (χ1) is 11.7. The predicted molar refractivity (Wildman–Crippen MR) is 101 cm³/mol. The van der Waals surface area contributed by atoms with Crippen LogP contribution in [0, 0.1) is 0 Å². The maximum Gasteiger partial charge on any atom is 0.256 e. The molecule has 2 aromatic carbocycles. The Morgan fingerprint density at radius 2 is 1.96 bits per heavy atom. The Bertz CT molecular complexity index is 703. The smallest absolute Gasteiger partial charge is 0.256 e. The van der Waals surface area contributed by atoms with Crippen molar-refractivity contribution in [3.8, 4) is 0 Å². The van der Waals surface area contributed by atoms with Gasteiger partial charge in [0.2, 0.25) is 0 Å². The molecule has 0 aromatic heterocycles. The van der Waals surface area contributed by atoms with Crippen LogP contribution in [0.3, 0.4) is 0 Å². The maximum atomic E-state index is 12.3. The Labute approximate surface area is 150 Å². The zero-order valence-electron chi connectivity index (χ0n) is 13.7. The first-order valence-corrected chi connectivity index (χ1v) is 8.90. The van der Waals surface area contributed by atoms with Crippen molar-refractivity contribution in [2.45, 2.75) is 18.9 Å². The molecular formula is C19H21BrN2O2. The molecule has 24 heavy (non-hydrogen) atoms. The van der Waals surface area contributed by atoms with E-state index in [2.05, 4.69) is 26.1 Å². The Balaban J connectivity index is 1.66. The van der Waals surface area contributed by atoms with E-state index in [4.69, 9.17) is 4.74 Å². The average molecular weight is 389 g/mol. The van der Waals surface area contributed by atoms with Gasteiger partial charge in [-0.1, -0.05) is 12.1 Å². The molecule has 126 valence electrons. The Morgan fingerprint density at radius 3 is 2.67 bits per heavy atom. The largest absolute Gasteiger partial charge is 0.380 e. The number of benzene rings is 2. The average Bonchev–Trinajstić information content (AvgIpc) is 2.62. The van der Waals surface area contributed by atoms with Crippen molar-refractivity contribution in [2.24, 2.45) is 0 Å². The molecule has 0 bridgehead atoms. The number of hydrogen-bond acceptors (Lipinski definition) is 3.